The zero-order valence-electron chi connectivity index (χ0n) is 18.7. The minimum absolute atomic E-state index is 0.141. The second-order valence-corrected chi connectivity index (χ2v) is 8.85. The minimum Gasteiger partial charge on any atom is -0.437 e. The molecule has 2 aliphatic rings. The van der Waals surface area contributed by atoms with Crippen LogP contribution in [0.25, 0.3) is 0 Å². The van der Waals surface area contributed by atoms with Gasteiger partial charge in [-0.15, -0.1) is 0 Å². The quantitative estimate of drug-likeness (QED) is 0.571. The normalized spacial score (nSPS) is 20.2. The maximum atomic E-state index is 14.0. The molecule has 0 saturated carbocycles. The van der Waals surface area contributed by atoms with Gasteiger partial charge in [-0.05, 0) is 43.4 Å². The SMILES string of the molecule is O=C(N1CCCC(c2cncc(Oc3ccccc3)n2)C1)C1(c2ccccc2)CCOCC1. The van der Waals surface area contributed by atoms with Gasteiger partial charge in [-0.3, -0.25) is 9.78 Å². The zero-order chi connectivity index (χ0) is 22.5. The van der Waals surface area contributed by atoms with E-state index in [1.165, 1.54) is 0 Å². The monoisotopic (exact) mass is 443 g/mol. The number of aromatic nitrogens is 2. The predicted molar refractivity (Wildman–Crippen MR) is 125 cm³/mol. The van der Waals surface area contributed by atoms with Crippen molar-refractivity contribution in [2.75, 3.05) is 26.3 Å². The smallest absolute Gasteiger partial charge is 0.238 e. The molecule has 33 heavy (non-hydrogen) atoms. The van der Waals surface area contributed by atoms with E-state index in [1.54, 1.807) is 12.4 Å². The summed E-state index contributed by atoms with van der Waals surface area (Å²) in [6, 6.07) is 19.8. The fraction of sp³-hybridized carbons (Fsp3) is 0.370. The Morgan fingerprint density at radius 3 is 2.48 bits per heavy atom. The van der Waals surface area contributed by atoms with Crippen molar-refractivity contribution in [1.29, 1.82) is 0 Å². The van der Waals surface area contributed by atoms with Gasteiger partial charge in [-0.2, -0.15) is 0 Å². The molecule has 1 unspecified atom stereocenters. The molecule has 0 aliphatic carbocycles. The number of nitrogens with zero attached hydrogens (tertiary/aromatic N) is 3. The van der Waals surface area contributed by atoms with Crippen molar-refractivity contribution in [3.8, 4) is 11.6 Å². The molecule has 0 radical (unpaired) electrons. The van der Waals surface area contributed by atoms with Crippen LogP contribution in [0.2, 0.25) is 0 Å². The van der Waals surface area contributed by atoms with Crippen LogP contribution >= 0.6 is 0 Å². The van der Waals surface area contributed by atoms with Crippen molar-refractivity contribution in [2.45, 2.75) is 37.0 Å². The first-order valence-corrected chi connectivity index (χ1v) is 11.7. The molecule has 0 spiro atoms. The predicted octanol–water partition coefficient (Wildman–Crippen LogP) is 4.72. The molecular weight excluding hydrogens is 414 g/mol. The first-order chi connectivity index (χ1) is 16.2. The standard InChI is InChI=1S/C27H29N3O3/c31-26(27(13-16-32-17-14-27)22-9-3-1-4-10-22)30-15-7-8-21(20-30)24-18-28-19-25(29-24)33-23-11-5-2-6-12-23/h1-6,9-12,18-19,21H,7-8,13-17,20H2. The number of hydrogen-bond donors (Lipinski definition) is 0. The van der Waals surface area contributed by atoms with E-state index in [0.29, 0.717) is 25.6 Å². The number of hydrogen-bond acceptors (Lipinski definition) is 5. The molecule has 5 rings (SSSR count). The lowest BCUT2D eigenvalue weighted by atomic mass is 9.72. The number of benzene rings is 2. The fourth-order valence-electron chi connectivity index (χ4n) is 5.03. The molecule has 2 aromatic carbocycles. The van der Waals surface area contributed by atoms with Gasteiger partial charge in [-0.1, -0.05) is 48.5 Å². The van der Waals surface area contributed by atoms with Gasteiger partial charge in [0.2, 0.25) is 11.8 Å². The summed E-state index contributed by atoms with van der Waals surface area (Å²) in [5.74, 6) is 1.56. The molecule has 0 bridgehead atoms. The molecule has 6 heteroatoms. The molecule has 2 saturated heterocycles. The number of carbonyl (C=O) groups excluding carboxylic acids is 1. The van der Waals surface area contributed by atoms with Gasteiger partial charge >= 0.3 is 0 Å². The van der Waals surface area contributed by atoms with Crippen molar-refractivity contribution in [2.24, 2.45) is 0 Å². The molecule has 3 heterocycles. The van der Waals surface area contributed by atoms with Crippen molar-refractivity contribution in [3.05, 3.63) is 84.3 Å². The van der Waals surface area contributed by atoms with E-state index in [-0.39, 0.29) is 11.8 Å². The number of carbonyl (C=O) groups is 1. The van der Waals surface area contributed by atoms with Crippen molar-refractivity contribution in [1.82, 2.24) is 14.9 Å². The van der Waals surface area contributed by atoms with Crippen LogP contribution in [-0.2, 0) is 14.9 Å². The second kappa shape index (κ2) is 9.71. The number of ether oxygens (including phenoxy) is 2. The summed E-state index contributed by atoms with van der Waals surface area (Å²) in [6.07, 6.45) is 6.80. The summed E-state index contributed by atoms with van der Waals surface area (Å²) >= 11 is 0. The third-order valence-electron chi connectivity index (χ3n) is 6.81. The molecule has 1 atom stereocenters. The van der Waals surface area contributed by atoms with Crippen LogP contribution in [-0.4, -0.2) is 47.1 Å². The van der Waals surface area contributed by atoms with Gasteiger partial charge in [0.1, 0.15) is 5.75 Å². The molecule has 2 fully saturated rings. The van der Waals surface area contributed by atoms with Gasteiger partial charge in [0.05, 0.1) is 17.3 Å². The molecule has 3 aromatic rings. The van der Waals surface area contributed by atoms with Gasteiger partial charge in [0.15, 0.2) is 0 Å². The lowest BCUT2D eigenvalue weighted by Crippen LogP contribution is -2.52. The van der Waals surface area contributed by atoms with Crippen molar-refractivity contribution in [3.63, 3.8) is 0 Å². The fourth-order valence-corrected chi connectivity index (χ4v) is 5.03. The molecule has 0 N–H and O–H groups in total. The number of rotatable bonds is 5. The number of likely N-dealkylation sites (tertiary alicyclic amines) is 1. The van der Waals surface area contributed by atoms with Crippen LogP contribution in [0.5, 0.6) is 11.6 Å². The maximum Gasteiger partial charge on any atom is 0.238 e. The van der Waals surface area contributed by atoms with E-state index in [4.69, 9.17) is 14.5 Å². The average molecular weight is 444 g/mol. The summed E-state index contributed by atoms with van der Waals surface area (Å²) in [5.41, 5.74) is 1.46. The first kappa shape index (κ1) is 21.6. The van der Waals surface area contributed by atoms with Crippen LogP contribution in [0.3, 0.4) is 0 Å². The highest BCUT2D eigenvalue weighted by atomic mass is 16.5. The molecule has 1 amide bonds. The highest BCUT2D eigenvalue weighted by Crippen LogP contribution is 2.38. The Morgan fingerprint density at radius 2 is 1.73 bits per heavy atom. The minimum atomic E-state index is -0.509. The number of para-hydroxylation sites is 1. The Bertz CT molecular complexity index is 1070. The molecule has 1 aromatic heterocycles. The maximum absolute atomic E-state index is 14.0. The van der Waals surface area contributed by atoms with Crippen LogP contribution in [0.15, 0.2) is 73.1 Å². The highest BCUT2D eigenvalue weighted by molar-refractivity contribution is 5.88. The first-order valence-electron chi connectivity index (χ1n) is 11.7. The summed E-state index contributed by atoms with van der Waals surface area (Å²) in [5, 5.41) is 0. The van der Waals surface area contributed by atoms with Gasteiger partial charge < -0.3 is 14.4 Å². The highest BCUT2D eigenvalue weighted by Gasteiger charge is 2.45. The lowest BCUT2D eigenvalue weighted by molar-refractivity contribution is -0.142. The average Bonchev–Trinajstić information content (AvgIpc) is 2.90. The molecule has 2 aliphatic heterocycles. The summed E-state index contributed by atoms with van der Waals surface area (Å²) in [6.45, 7) is 2.65. The van der Waals surface area contributed by atoms with E-state index in [1.807, 2.05) is 53.4 Å². The number of piperidine rings is 1. The van der Waals surface area contributed by atoms with Gasteiger partial charge in [0, 0.05) is 38.4 Å². The van der Waals surface area contributed by atoms with Gasteiger partial charge in [-0.25, -0.2) is 4.98 Å². The Kier molecular flexibility index (Phi) is 6.35. The Hall–Kier alpha value is -3.25. The largest absolute Gasteiger partial charge is 0.437 e. The third-order valence-corrected chi connectivity index (χ3v) is 6.81. The molecule has 6 nitrogen and oxygen atoms in total. The van der Waals surface area contributed by atoms with Crippen LogP contribution < -0.4 is 4.74 Å². The van der Waals surface area contributed by atoms with E-state index < -0.39 is 5.41 Å². The van der Waals surface area contributed by atoms with Gasteiger partial charge in [0.25, 0.3) is 0 Å². The topological polar surface area (TPSA) is 64.6 Å². The Morgan fingerprint density at radius 1 is 1.00 bits per heavy atom. The second-order valence-electron chi connectivity index (χ2n) is 8.85. The van der Waals surface area contributed by atoms with Crippen LogP contribution in [0.1, 0.15) is 42.9 Å². The van der Waals surface area contributed by atoms with E-state index in [9.17, 15) is 4.79 Å². The van der Waals surface area contributed by atoms with Crippen LogP contribution in [0, 0.1) is 0 Å². The number of amides is 1. The van der Waals surface area contributed by atoms with Crippen molar-refractivity contribution >= 4 is 5.91 Å². The van der Waals surface area contributed by atoms with E-state index >= 15 is 0 Å². The van der Waals surface area contributed by atoms with Crippen LogP contribution in [0.4, 0.5) is 0 Å². The van der Waals surface area contributed by atoms with E-state index in [2.05, 4.69) is 17.1 Å². The lowest BCUT2D eigenvalue weighted by Gasteiger charge is -2.42. The summed E-state index contributed by atoms with van der Waals surface area (Å²) in [7, 11) is 0. The Labute approximate surface area is 194 Å². The van der Waals surface area contributed by atoms with E-state index in [0.717, 1.165) is 49.2 Å². The molecule has 170 valence electrons. The van der Waals surface area contributed by atoms with Crippen molar-refractivity contribution < 1.29 is 14.3 Å². The molecular formula is C27H29N3O3. The summed E-state index contributed by atoms with van der Waals surface area (Å²) < 4.78 is 11.5. The summed E-state index contributed by atoms with van der Waals surface area (Å²) in [4.78, 5) is 25.1. The third kappa shape index (κ3) is 4.62. The Balaban J connectivity index is 1.35. The zero-order valence-corrected chi connectivity index (χ0v) is 18.7.